The van der Waals surface area contributed by atoms with Crippen molar-refractivity contribution in [1.82, 2.24) is 10.6 Å². The standard InChI is InChI=1S/C13H19N3O2S/c1-9(2)15-13(18)16-12(17)8-14-10-6-4-5-7-11(10)19-3/h4-7,9,14H,8H2,1-3H3,(H2,15,16,17,18). The van der Waals surface area contributed by atoms with Gasteiger partial charge in [-0.2, -0.15) is 0 Å². The van der Waals surface area contributed by atoms with Crippen molar-refractivity contribution in [1.29, 1.82) is 0 Å². The molecule has 0 aliphatic heterocycles. The van der Waals surface area contributed by atoms with Crippen LogP contribution >= 0.6 is 11.8 Å². The summed E-state index contributed by atoms with van der Waals surface area (Å²) in [4.78, 5) is 23.9. The van der Waals surface area contributed by atoms with E-state index in [-0.39, 0.29) is 18.5 Å². The van der Waals surface area contributed by atoms with Gasteiger partial charge in [0, 0.05) is 16.6 Å². The van der Waals surface area contributed by atoms with E-state index in [2.05, 4.69) is 16.0 Å². The number of thioether (sulfide) groups is 1. The van der Waals surface area contributed by atoms with Crippen LogP contribution in [0.1, 0.15) is 13.8 Å². The number of hydrogen-bond donors (Lipinski definition) is 3. The smallest absolute Gasteiger partial charge is 0.321 e. The molecule has 0 heterocycles. The van der Waals surface area contributed by atoms with Crippen molar-refractivity contribution in [2.45, 2.75) is 24.8 Å². The minimum atomic E-state index is -0.472. The number of hydrogen-bond acceptors (Lipinski definition) is 4. The predicted octanol–water partition coefficient (Wildman–Crippen LogP) is 2.05. The average Bonchev–Trinajstić information content (AvgIpc) is 2.35. The van der Waals surface area contributed by atoms with Crippen LogP contribution < -0.4 is 16.0 Å². The van der Waals surface area contributed by atoms with Gasteiger partial charge < -0.3 is 10.6 Å². The maximum atomic E-state index is 11.6. The first-order chi connectivity index (χ1) is 9.02. The van der Waals surface area contributed by atoms with E-state index < -0.39 is 6.03 Å². The Morgan fingerprint density at radius 1 is 1.26 bits per heavy atom. The molecule has 0 fully saturated rings. The summed E-state index contributed by atoms with van der Waals surface area (Å²) in [6, 6.07) is 7.22. The third kappa shape index (κ3) is 5.65. The summed E-state index contributed by atoms with van der Waals surface area (Å²) in [6.45, 7) is 3.72. The third-order valence-corrected chi connectivity index (χ3v) is 3.01. The Morgan fingerprint density at radius 3 is 2.58 bits per heavy atom. The second-order valence-corrected chi connectivity index (χ2v) is 5.08. The molecule has 0 aliphatic carbocycles. The van der Waals surface area contributed by atoms with Gasteiger partial charge in [-0.15, -0.1) is 11.8 Å². The summed E-state index contributed by atoms with van der Waals surface area (Å²) in [6.07, 6.45) is 1.97. The van der Waals surface area contributed by atoms with Crippen LogP contribution in [-0.4, -0.2) is 30.8 Å². The summed E-state index contributed by atoms with van der Waals surface area (Å²) >= 11 is 1.60. The van der Waals surface area contributed by atoms with Gasteiger partial charge in [0.05, 0.1) is 6.54 Å². The number of rotatable bonds is 5. The molecule has 0 saturated heterocycles. The zero-order valence-electron chi connectivity index (χ0n) is 11.3. The highest BCUT2D eigenvalue weighted by atomic mass is 32.2. The van der Waals surface area contributed by atoms with Crippen molar-refractivity contribution < 1.29 is 9.59 Å². The van der Waals surface area contributed by atoms with E-state index in [1.54, 1.807) is 11.8 Å². The Hall–Kier alpha value is -1.69. The molecule has 0 atom stereocenters. The van der Waals surface area contributed by atoms with E-state index in [9.17, 15) is 9.59 Å². The normalized spacial score (nSPS) is 10.1. The molecule has 1 rings (SSSR count). The summed E-state index contributed by atoms with van der Waals surface area (Å²) < 4.78 is 0. The van der Waals surface area contributed by atoms with E-state index in [0.717, 1.165) is 10.6 Å². The number of carbonyl (C=O) groups excluding carboxylic acids is 2. The van der Waals surface area contributed by atoms with Gasteiger partial charge in [-0.25, -0.2) is 4.79 Å². The molecule has 1 aromatic rings. The van der Waals surface area contributed by atoms with Crippen LogP contribution in [0.5, 0.6) is 0 Å². The van der Waals surface area contributed by atoms with Gasteiger partial charge in [0.2, 0.25) is 5.91 Å². The Kier molecular flexibility index (Phi) is 6.21. The maximum Gasteiger partial charge on any atom is 0.321 e. The zero-order valence-corrected chi connectivity index (χ0v) is 12.1. The lowest BCUT2D eigenvalue weighted by Gasteiger charge is -2.11. The summed E-state index contributed by atoms with van der Waals surface area (Å²) in [5.74, 6) is -0.367. The van der Waals surface area contributed by atoms with Crippen LogP contribution in [0.15, 0.2) is 29.2 Å². The maximum absolute atomic E-state index is 11.6. The highest BCUT2D eigenvalue weighted by Crippen LogP contribution is 2.24. The molecule has 0 aromatic heterocycles. The molecular weight excluding hydrogens is 262 g/mol. The second-order valence-electron chi connectivity index (χ2n) is 4.23. The average molecular weight is 281 g/mol. The lowest BCUT2D eigenvalue weighted by atomic mass is 10.3. The van der Waals surface area contributed by atoms with Gasteiger partial charge in [-0.3, -0.25) is 10.1 Å². The van der Waals surface area contributed by atoms with E-state index in [0.29, 0.717) is 0 Å². The lowest BCUT2D eigenvalue weighted by Crippen LogP contribution is -2.44. The fraction of sp³-hybridized carbons (Fsp3) is 0.385. The fourth-order valence-electron chi connectivity index (χ4n) is 1.44. The molecule has 0 bridgehead atoms. The van der Waals surface area contributed by atoms with Crippen LogP contribution in [0, 0.1) is 0 Å². The Bertz CT molecular complexity index is 449. The van der Waals surface area contributed by atoms with E-state index in [1.807, 2.05) is 44.4 Å². The largest absolute Gasteiger partial charge is 0.375 e. The van der Waals surface area contributed by atoms with Gasteiger partial charge in [-0.05, 0) is 32.2 Å². The van der Waals surface area contributed by atoms with Crippen LogP contribution in [-0.2, 0) is 4.79 Å². The minimum Gasteiger partial charge on any atom is -0.375 e. The van der Waals surface area contributed by atoms with Crippen LogP contribution in [0.25, 0.3) is 0 Å². The molecule has 1 aromatic carbocycles. The van der Waals surface area contributed by atoms with Crippen LogP contribution in [0.3, 0.4) is 0 Å². The number of urea groups is 1. The van der Waals surface area contributed by atoms with Gasteiger partial charge >= 0.3 is 6.03 Å². The highest BCUT2D eigenvalue weighted by Gasteiger charge is 2.08. The highest BCUT2D eigenvalue weighted by molar-refractivity contribution is 7.98. The Labute approximate surface area is 117 Å². The van der Waals surface area contributed by atoms with E-state index in [1.165, 1.54) is 0 Å². The first-order valence-electron chi connectivity index (χ1n) is 6.00. The predicted molar refractivity (Wildman–Crippen MR) is 78.5 cm³/mol. The first-order valence-corrected chi connectivity index (χ1v) is 7.22. The molecule has 0 radical (unpaired) electrons. The molecule has 104 valence electrons. The van der Waals surface area contributed by atoms with Crippen molar-refractivity contribution in [3.8, 4) is 0 Å². The number of para-hydroxylation sites is 1. The number of carbonyl (C=O) groups is 2. The summed E-state index contributed by atoms with van der Waals surface area (Å²) in [5.41, 5.74) is 0.884. The molecule has 6 heteroatoms. The van der Waals surface area contributed by atoms with Gasteiger partial charge in [0.15, 0.2) is 0 Å². The van der Waals surface area contributed by atoms with Crippen molar-refractivity contribution in [3.63, 3.8) is 0 Å². The fourth-order valence-corrected chi connectivity index (χ4v) is 2.01. The molecule has 19 heavy (non-hydrogen) atoms. The summed E-state index contributed by atoms with van der Waals surface area (Å²) in [7, 11) is 0. The SMILES string of the molecule is CSc1ccccc1NCC(=O)NC(=O)NC(C)C. The zero-order chi connectivity index (χ0) is 14.3. The number of amides is 3. The van der Waals surface area contributed by atoms with Gasteiger partial charge in [0.1, 0.15) is 0 Å². The van der Waals surface area contributed by atoms with E-state index in [4.69, 9.17) is 0 Å². The molecule has 0 saturated carbocycles. The topological polar surface area (TPSA) is 70.2 Å². The van der Waals surface area contributed by atoms with E-state index >= 15 is 0 Å². The third-order valence-electron chi connectivity index (χ3n) is 2.22. The summed E-state index contributed by atoms with van der Waals surface area (Å²) in [5, 5.41) is 7.86. The molecule has 5 nitrogen and oxygen atoms in total. The number of nitrogens with one attached hydrogen (secondary N) is 3. The van der Waals surface area contributed by atoms with Crippen LogP contribution in [0.4, 0.5) is 10.5 Å². The van der Waals surface area contributed by atoms with Crippen LogP contribution in [0.2, 0.25) is 0 Å². The molecule has 0 unspecified atom stereocenters. The Balaban J connectivity index is 2.44. The Morgan fingerprint density at radius 2 is 1.95 bits per heavy atom. The second kappa shape index (κ2) is 7.68. The molecule has 0 spiro atoms. The molecular formula is C13H19N3O2S. The monoisotopic (exact) mass is 281 g/mol. The van der Waals surface area contributed by atoms with Crippen molar-refractivity contribution >= 4 is 29.4 Å². The molecule has 3 N–H and O–H groups in total. The quantitative estimate of drug-likeness (QED) is 0.723. The van der Waals surface area contributed by atoms with Gasteiger partial charge in [-0.1, -0.05) is 12.1 Å². The van der Waals surface area contributed by atoms with Crippen molar-refractivity contribution in [2.24, 2.45) is 0 Å². The number of imide groups is 1. The van der Waals surface area contributed by atoms with Crippen molar-refractivity contribution in [2.75, 3.05) is 18.1 Å². The first kappa shape index (κ1) is 15.4. The molecule has 0 aliphatic rings. The number of anilines is 1. The minimum absolute atomic E-state index is 0.00187. The van der Waals surface area contributed by atoms with Gasteiger partial charge in [0.25, 0.3) is 0 Å². The number of benzene rings is 1. The molecule has 3 amide bonds. The lowest BCUT2D eigenvalue weighted by molar-refractivity contribution is -0.118. The van der Waals surface area contributed by atoms with Crippen molar-refractivity contribution in [3.05, 3.63) is 24.3 Å².